The fraction of sp³-hybridized carbons (Fsp3) is 0.182. The van der Waals surface area contributed by atoms with Gasteiger partial charge in [-0.15, -0.1) is 0 Å². The lowest BCUT2D eigenvalue weighted by Gasteiger charge is -2.09. The monoisotopic (exact) mass is 351 g/mol. The van der Waals surface area contributed by atoms with Gasteiger partial charge >= 0.3 is 0 Å². The van der Waals surface area contributed by atoms with E-state index in [4.69, 9.17) is 4.74 Å². The quantitative estimate of drug-likeness (QED) is 0.845. The molecule has 90 valence electrons. The Balaban J connectivity index is 2.91. The Hall–Kier alpha value is -1.18. The molecule has 0 aliphatic carbocycles. The van der Waals surface area contributed by atoms with Crippen molar-refractivity contribution < 1.29 is 13.5 Å². The number of ether oxygens (including phenoxy) is 1. The van der Waals surface area contributed by atoms with E-state index in [1.54, 1.807) is 40.8 Å². The normalized spacial score (nSPS) is 11.1. The fourth-order valence-corrected chi connectivity index (χ4v) is 2.26. The first kappa shape index (κ1) is 12.3. The van der Waals surface area contributed by atoms with E-state index >= 15 is 0 Å². The van der Waals surface area contributed by atoms with Crippen LogP contribution in [0.15, 0.2) is 23.0 Å². The number of nitrogens with one attached hydrogen (secondary N) is 1. The molecular formula is C11H8F2INO2. The van der Waals surface area contributed by atoms with E-state index in [0.717, 1.165) is 0 Å². The highest BCUT2D eigenvalue weighted by molar-refractivity contribution is 14.1. The minimum atomic E-state index is -2.72. The number of benzene rings is 1. The molecular weight excluding hydrogens is 343 g/mol. The lowest BCUT2D eigenvalue weighted by Crippen LogP contribution is -2.12. The van der Waals surface area contributed by atoms with Gasteiger partial charge in [0, 0.05) is 0 Å². The van der Waals surface area contributed by atoms with Crippen LogP contribution in [-0.2, 0) is 0 Å². The topological polar surface area (TPSA) is 42.1 Å². The highest BCUT2D eigenvalue weighted by Gasteiger charge is 2.18. The van der Waals surface area contributed by atoms with Crippen molar-refractivity contribution in [3.8, 4) is 5.75 Å². The standard InChI is InChI=1S/C11H8F2INO2/c1-17-6-4-2-3-5-8(6)15-9(11(12)13)7(14)10(5)16/h2-4,11H,1H3,(H,15,16). The Morgan fingerprint density at radius 3 is 2.71 bits per heavy atom. The molecule has 17 heavy (non-hydrogen) atoms. The molecule has 0 aliphatic heterocycles. The summed E-state index contributed by atoms with van der Waals surface area (Å²) in [5.74, 6) is 0.373. The molecule has 1 aromatic heterocycles. The predicted molar refractivity (Wildman–Crippen MR) is 68.8 cm³/mol. The summed E-state index contributed by atoms with van der Waals surface area (Å²) >= 11 is 1.63. The number of alkyl halides is 2. The molecule has 1 aromatic carbocycles. The maximum absolute atomic E-state index is 12.8. The Morgan fingerprint density at radius 1 is 1.41 bits per heavy atom. The molecule has 0 amide bonds. The van der Waals surface area contributed by atoms with Gasteiger partial charge in [-0.2, -0.15) is 0 Å². The zero-order chi connectivity index (χ0) is 12.6. The molecule has 0 aliphatic rings. The number of pyridine rings is 1. The van der Waals surface area contributed by atoms with Crippen LogP contribution >= 0.6 is 22.6 Å². The van der Waals surface area contributed by atoms with Crippen molar-refractivity contribution in [2.75, 3.05) is 7.11 Å². The van der Waals surface area contributed by atoms with Gasteiger partial charge < -0.3 is 9.72 Å². The molecule has 2 aromatic rings. The zero-order valence-electron chi connectivity index (χ0n) is 8.76. The second-order valence-electron chi connectivity index (χ2n) is 3.37. The molecule has 6 heteroatoms. The molecule has 0 saturated heterocycles. The van der Waals surface area contributed by atoms with Crippen molar-refractivity contribution in [2.45, 2.75) is 6.43 Å². The van der Waals surface area contributed by atoms with E-state index in [0.29, 0.717) is 16.7 Å². The number of H-pyrrole nitrogens is 1. The Labute approximate surface area is 109 Å². The first-order chi connectivity index (χ1) is 8.06. The number of rotatable bonds is 2. The first-order valence-corrected chi connectivity index (χ1v) is 5.80. The van der Waals surface area contributed by atoms with E-state index in [-0.39, 0.29) is 9.26 Å². The molecule has 0 atom stereocenters. The maximum Gasteiger partial charge on any atom is 0.279 e. The second kappa shape index (κ2) is 4.59. The van der Waals surface area contributed by atoms with Crippen LogP contribution in [-0.4, -0.2) is 12.1 Å². The molecule has 3 nitrogen and oxygen atoms in total. The molecule has 2 rings (SSSR count). The van der Waals surface area contributed by atoms with Gasteiger partial charge in [-0.05, 0) is 34.7 Å². The number of hydrogen-bond donors (Lipinski definition) is 1. The first-order valence-electron chi connectivity index (χ1n) is 4.72. The lowest BCUT2D eigenvalue weighted by atomic mass is 10.2. The summed E-state index contributed by atoms with van der Waals surface area (Å²) in [4.78, 5) is 14.5. The van der Waals surface area contributed by atoms with E-state index in [1.807, 2.05) is 0 Å². The molecule has 1 heterocycles. The highest BCUT2D eigenvalue weighted by atomic mass is 127. The van der Waals surface area contributed by atoms with Crippen molar-refractivity contribution in [3.05, 3.63) is 37.7 Å². The van der Waals surface area contributed by atoms with Crippen LogP contribution in [0.5, 0.6) is 5.75 Å². The van der Waals surface area contributed by atoms with Gasteiger partial charge in [-0.3, -0.25) is 4.79 Å². The van der Waals surface area contributed by atoms with Gasteiger partial charge in [0.1, 0.15) is 5.75 Å². The summed E-state index contributed by atoms with van der Waals surface area (Å²) in [7, 11) is 1.42. The van der Waals surface area contributed by atoms with Gasteiger partial charge in [0.15, 0.2) is 0 Å². The fourth-order valence-electron chi connectivity index (χ4n) is 1.60. The third-order valence-corrected chi connectivity index (χ3v) is 3.48. The van der Waals surface area contributed by atoms with Crippen molar-refractivity contribution in [3.63, 3.8) is 0 Å². The van der Waals surface area contributed by atoms with Crippen LogP contribution in [0, 0.1) is 3.57 Å². The van der Waals surface area contributed by atoms with E-state index < -0.39 is 11.9 Å². The van der Waals surface area contributed by atoms with Gasteiger partial charge in [0.25, 0.3) is 6.43 Å². The zero-order valence-corrected chi connectivity index (χ0v) is 10.9. The summed E-state index contributed by atoms with van der Waals surface area (Å²) in [5, 5.41) is 0.346. The van der Waals surface area contributed by atoms with Gasteiger partial charge in [0.05, 0.1) is 27.3 Å². The van der Waals surface area contributed by atoms with Crippen molar-refractivity contribution in [2.24, 2.45) is 0 Å². The van der Waals surface area contributed by atoms with Crippen molar-refractivity contribution in [1.82, 2.24) is 4.98 Å². The predicted octanol–water partition coefficient (Wildman–Crippen LogP) is 3.08. The van der Waals surface area contributed by atoms with Crippen molar-refractivity contribution >= 4 is 33.5 Å². The third-order valence-electron chi connectivity index (χ3n) is 2.40. The number of aromatic amines is 1. The summed E-state index contributed by atoms with van der Waals surface area (Å²) < 4.78 is 30.6. The minimum Gasteiger partial charge on any atom is -0.495 e. The van der Waals surface area contributed by atoms with E-state index in [2.05, 4.69) is 4.98 Å². The Bertz CT molecular complexity index is 625. The molecule has 0 unspecified atom stereocenters. The lowest BCUT2D eigenvalue weighted by molar-refractivity contribution is 0.145. The number of methoxy groups -OCH3 is 1. The Kier molecular flexibility index (Phi) is 3.32. The third kappa shape index (κ3) is 2.01. The molecule has 0 fully saturated rings. The number of fused-ring (bicyclic) bond motifs is 1. The number of halogens is 3. The molecule has 0 spiro atoms. The van der Waals surface area contributed by atoms with Crippen LogP contribution in [0.2, 0.25) is 0 Å². The van der Waals surface area contributed by atoms with Crippen LogP contribution in [0.25, 0.3) is 10.9 Å². The average Bonchev–Trinajstić information content (AvgIpc) is 2.32. The highest BCUT2D eigenvalue weighted by Crippen LogP contribution is 2.27. The molecule has 1 N–H and O–H groups in total. The average molecular weight is 351 g/mol. The van der Waals surface area contributed by atoms with E-state index in [1.165, 1.54) is 7.11 Å². The van der Waals surface area contributed by atoms with Crippen LogP contribution < -0.4 is 10.2 Å². The van der Waals surface area contributed by atoms with E-state index in [9.17, 15) is 13.6 Å². The smallest absolute Gasteiger partial charge is 0.279 e. The number of aromatic nitrogens is 1. The van der Waals surface area contributed by atoms with Gasteiger partial charge in [0.2, 0.25) is 5.43 Å². The Morgan fingerprint density at radius 2 is 2.12 bits per heavy atom. The van der Waals surface area contributed by atoms with Crippen LogP contribution in [0.3, 0.4) is 0 Å². The summed E-state index contributed by atoms with van der Waals surface area (Å²) in [6.07, 6.45) is -2.72. The molecule has 0 radical (unpaired) electrons. The van der Waals surface area contributed by atoms with Gasteiger partial charge in [-0.25, -0.2) is 8.78 Å². The maximum atomic E-state index is 12.8. The number of hydrogen-bond acceptors (Lipinski definition) is 2. The van der Waals surface area contributed by atoms with Crippen LogP contribution in [0.4, 0.5) is 8.78 Å². The van der Waals surface area contributed by atoms with Crippen molar-refractivity contribution in [1.29, 1.82) is 0 Å². The SMILES string of the molecule is COc1cccc2c(=O)c(I)c(C(F)F)[nH]c12. The summed E-state index contributed by atoms with van der Waals surface area (Å²) in [5.41, 5.74) is -0.475. The summed E-state index contributed by atoms with van der Waals surface area (Å²) in [6, 6.07) is 4.84. The summed E-state index contributed by atoms with van der Waals surface area (Å²) in [6.45, 7) is 0. The largest absolute Gasteiger partial charge is 0.495 e. The molecule has 0 bridgehead atoms. The second-order valence-corrected chi connectivity index (χ2v) is 4.44. The van der Waals surface area contributed by atoms with Crippen LogP contribution in [0.1, 0.15) is 12.1 Å². The minimum absolute atomic E-state index is 0.0124. The van der Waals surface area contributed by atoms with Gasteiger partial charge in [-0.1, -0.05) is 6.07 Å². The molecule has 0 saturated carbocycles. The number of para-hydroxylation sites is 1.